The first-order chi connectivity index (χ1) is 17.7. The second-order valence-corrected chi connectivity index (χ2v) is 12.3. The third-order valence-electron chi connectivity index (χ3n) is 6.20. The minimum absolute atomic E-state index is 0.235. The van der Waals surface area contributed by atoms with Crippen LogP contribution >= 0.6 is 28.4 Å². The lowest BCUT2D eigenvalue weighted by molar-refractivity contribution is -0.117. The number of alkyl halides is 1. The van der Waals surface area contributed by atoms with E-state index in [2.05, 4.69) is 42.8 Å². The summed E-state index contributed by atoms with van der Waals surface area (Å²) >= 11 is 0.974. The van der Waals surface area contributed by atoms with E-state index in [-0.39, 0.29) is 12.3 Å². The predicted octanol–water partition coefficient (Wildman–Crippen LogP) is 4.70. The number of benzene rings is 1. The van der Waals surface area contributed by atoms with E-state index in [1.807, 2.05) is 42.7 Å². The van der Waals surface area contributed by atoms with Crippen molar-refractivity contribution >= 4 is 79.7 Å². The second kappa shape index (κ2) is 10.4. The van der Waals surface area contributed by atoms with Crippen molar-refractivity contribution in [2.24, 2.45) is 13.0 Å². The topological polar surface area (TPSA) is 116 Å². The van der Waals surface area contributed by atoms with Crippen LogP contribution in [0, 0.1) is 12.8 Å². The van der Waals surface area contributed by atoms with Crippen LogP contribution in [-0.4, -0.2) is 54.0 Å². The van der Waals surface area contributed by atoms with Gasteiger partial charge in [0, 0.05) is 24.9 Å². The number of aryl methyl sites for hydroxylation is 2. The first kappa shape index (κ1) is 26.1. The molecule has 1 amide bonds. The summed E-state index contributed by atoms with van der Waals surface area (Å²) in [7, 11) is 3.61. The standard InChI is InChI=1S/C23H25FIN8O2PS/c1-12-27-21-18(9-20(29-22(21)33(12)36-25)30-23(34)15-8-16(15)24)28-17-6-5-13(14-10-26-31(2)11-14)7-19(17)32(3)37(4)35/h5-7,9-11,15-16,36H,8H2,1-4H3,(H2,28,29,30,34)/t15-,16+,37?/m1/s1. The smallest absolute Gasteiger partial charge is 0.231 e. The van der Waals surface area contributed by atoms with Gasteiger partial charge in [-0.05, 0) is 53.1 Å². The zero-order valence-corrected chi connectivity index (χ0v) is 24.5. The molecule has 2 unspecified atom stereocenters. The molecule has 0 aliphatic heterocycles. The molecule has 1 aliphatic rings. The predicted molar refractivity (Wildman–Crippen MR) is 156 cm³/mol. The Bertz CT molecular complexity index is 1500. The molecule has 0 spiro atoms. The van der Waals surface area contributed by atoms with Crippen molar-refractivity contribution in [3.63, 3.8) is 0 Å². The number of aromatic nitrogens is 5. The highest BCUT2D eigenvalue weighted by Gasteiger charge is 2.43. The number of fused-ring (bicyclic) bond motifs is 1. The van der Waals surface area contributed by atoms with Crippen LogP contribution in [-0.2, 0) is 23.2 Å². The van der Waals surface area contributed by atoms with Crippen LogP contribution < -0.4 is 14.9 Å². The fourth-order valence-corrected chi connectivity index (χ4v) is 6.57. The summed E-state index contributed by atoms with van der Waals surface area (Å²) in [6.45, 7) is 1.90. The maximum atomic E-state index is 13.5. The van der Waals surface area contributed by atoms with Gasteiger partial charge in [-0.15, -0.1) is 0 Å². The summed E-state index contributed by atoms with van der Waals surface area (Å²) in [6, 6.07) is 7.52. The highest BCUT2D eigenvalue weighted by molar-refractivity contribution is 14.2. The zero-order chi connectivity index (χ0) is 26.4. The monoisotopic (exact) mass is 654 g/mol. The summed E-state index contributed by atoms with van der Waals surface area (Å²) < 4.78 is 31.3. The van der Waals surface area contributed by atoms with Crippen LogP contribution in [0.25, 0.3) is 22.3 Å². The molecule has 3 heterocycles. The van der Waals surface area contributed by atoms with Crippen molar-refractivity contribution in [2.45, 2.75) is 19.5 Å². The minimum Gasteiger partial charge on any atom is -0.593 e. The Hall–Kier alpha value is -2.48. The van der Waals surface area contributed by atoms with Gasteiger partial charge in [0.25, 0.3) is 0 Å². The van der Waals surface area contributed by atoms with Gasteiger partial charge in [-0.1, -0.05) is 6.07 Å². The quantitative estimate of drug-likeness (QED) is 0.161. The molecular weight excluding hydrogens is 629 g/mol. The molecule has 0 bridgehead atoms. The average Bonchev–Trinajstić information content (AvgIpc) is 3.28. The van der Waals surface area contributed by atoms with Gasteiger partial charge in [0.15, 0.2) is 5.65 Å². The SMILES string of the molecule is Cc1nc2c(Nc3ccc(-c4cnn(C)c4)cc3N(C)[S+](C)[O-])cc(NC(=O)[C@@H]3C[C@@H]3F)nc2n1PI. The summed E-state index contributed by atoms with van der Waals surface area (Å²) in [5.41, 5.74) is 5.14. The third-order valence-corrected chi connectivity index (χ3v) is 9.32. The molecule has 3 aromatic heterocycles. The highest BCUT2D eigenvalue weighted by atomic mass is 127. The highest BCUT2D eigenvalue weighted by Crippen LogP contribution is 2.39. The summed E-state index contributed by atoms with van der Waals surface area (Å²) in [6.07, 6.45) is 4.78. The van der Waals surface area contributed by atoms with Crippen molar-refractivity contribution < 1.29 is 13.7 Å². The number of hydrogen-bond acceptors (Lipinski definition) is 7. The molecule has 2 N–H and O–H groups in total. The van der Waals surface area contributed by atoms with Crippen LogP contribution in [0.3, 0.4) is 0 Å². The average molecular weight is 654 g/mol. The summed E-state index contributed by atoms with van der Waals surface area (Å²) in [5, 5.41) is 10.4. The zero-order valence-electron chi connectivity index (χ0n) is 20.5. The minimum atomic E-state index is -1.28. The molecule has 37 heavy (non-hydrogen) atoms. The summed E-state index contributed by atoms with van der Waals surface area (Å²) in [4.78, 5) is 21.8. The van der Waals surface area contributed by atoms with Gasteiger partial charge in [-0.3, -0.25) is 13.8 Å². The molecule has 1 saturated carbocycles. The van der Waals surface area contributed by atoms with Gasteiger partial charge in [0.1, 0.15) is 35.3 Å². The Balaban J connectivity index is 1.59. The Morgan fingerprint density at radius 1 is 1.30 bits per heavy atom. The normalized spacial score (nSPS) is 17.9. The van der Waals surface area contributed by atoms with Crippen molar-refractivity contribution in [1.29, 1.82) is 0 Å². The third kappa shape index (κ3) is 5.27. The molecule has 1 fully saturated rings. The molecule has 4 atom stereocenters. The second-order valence-electron chi connectivity index (χ2n) is 8.83. The van der Waals surface area contributed by atoms with E-state index in [0.29, 0.717) is 40.4 Å². The number of halogens is 2. The lowest BCUT2D eigenvalue weighted by atomic mass is 10.1. The fraction of sp³-hybridized carbons (Fsp3) is 0.304. The van der Waals surface area contributed by atoms with Gasteiger partial charge >= 0.3 is 0 Å². The number of nitrogens with zero attached hydrogens (tertiary/aromatic N) is 6. The number of nitrogens with one attached hydrogen (secondary N) is 2. The molecule has 4 aromatic rings. The van der Waals surface area contributed by atoms with E-state index in [4.69, 9.17) is 4.98 Å². The Morgan fingerprint density at radius 3 is 2.68 bits per heavy atom. The van der Waals surface area contributed by atoms with Crippen LogP contribution in [0.1, 0.15) is 12.2 Å². The van der Waals surface area contributed by atoms with Gasteiger partial charge in [-0.25, -0.2) is 14.4 Å². The molecule has 0 radical (unpaired) electrons. The Kier molecular flexibility index (Phi) is 7.31. The van der Waals surface area contributed by atoms with Crippen LogP contribution in [0.2, 0.25) is 0 Å². The van der Waals surface area contributed by atoms with E-state index < -0.39 is 23.5 Å². The number of anilines is 4. The first-order valence-corrected chi connectivity index (χ1v) is 16.9. The van der Waals surface area contributed by atoms with E-state index in [1.165, 1.54) is 0 Å². The van der Waals surface area contributed by atoms with E-state index in [1.54, 1.807) is 34.6 Å². The molecule has 0 saturated heterocycles. The largest absolute Gasteiger partial charge is 0.593 e. The van der Waals surface area contributed by atoms with Gasteiger partial charge in [-0.2, -0.15) is 9.40 Å². The van der Waals surface area contributed by atoms with Crippen molar-refractivity contribution in [1.82, 2.24) is 24.1 Å². The fourth-order valence-electron chi connectivity index (χ4n) is 4.00. The molecule has 194 valence electrons. The summed E-state index contributed by atoms with van der Waals surface area (Å²) in [5.74, 6) is 0.0852. The molecular formula is C23H25FIN8O2PS. The van der Waals surface area contributed by atoms with Crippen molar-refractivity contribution in [3.8, 4) is 11.1 Å². The number of pyridine rings is 1. The van der Waals surface area contributed by atoms with Crippen molar-refractivity contribution in [2.75, 3.05) is 28.2 Å². The lowest BCUT2D eigenvalue weighted by Crippen LogP contribution is -2.25. The molecule has 1 aromatic carbocycles. The van der Waals surface area contributed by atoms with E-state index in [9.17, 15) is 13.7 Å². The van der Waals surface area contributed by atoms with Gasteiger partial charge < -0.3 is 15.2 Å². The number of carbonyl (C=O) groups excluding carboxylic acids is 1. The number of imidazole rings is 1. The Labute approximate surface area is 231 Å². The van der Waals surface area contributed by atoms with E-state index in [0.717, 1.165) is 17.0 Å². The molecule has 5 rings (SSSR count). The van der Waals surface area contributed by atoms with Crippen molar-refractivity contribution in [3.05, 3.63) is 42.5 Å². The number of carbonyl (C=O) groups is 1. The van der Waals surface area contributed by atoms with Gasteiger partial charge in [0.05, 0.1) is 48.3 Å². The lowest BCUT2D eigenvalue weighted by Gasteiger charge is -2.23. The first-order valence-electron chi connectivity index (χ1n) is 11.3. The maximum absolute atomic E-state index is 13.5. The van der Waals surface area contributed by atoms with E-state index >= 15 is 0 Å². The maximum Gasteiger partial charge on any atom is 0.231 e. The molecule has 10 nitrogen and oxygen atoms in total. The van der Waals surface area contributed by atoms with Gasteiger partial charge in [0.2, 0.25) is 5.91 Å². The van der Waals surface area contributed by atoms with Crippen LogP contribution in [0.5, 0.6) is 0 Å². The van der Waals surface area contributed by atoms with Crippen LogP contribution in [0.4, 0.5) is 27.3 Å². The number of hydrogen-bond donors (Lipinski definition) is 2. The van der Waals surface area contributed by atoms with Crippen LogP contribution in [0.15, 0.2) is 36.7 Å². The molecule has 14 heteroatoms. The Morgan fingerprint density at radius 2 is 2.05 bits per heavy atom. The molecule has 1 aliphatic carbocycles. The number of amides is 1. The number of rotatable bonds is 8.